The lowest BCUT2D eigenvalue weighted by Crippen LogP contribution is -2.22. The number of carbonyl (C=O) groups is 1. The average Bonchev–Trinajstić information content (AvgIpc) is 2.25. The highest BCUT2D eigenvalue weighted by Gasteiger charge is 2.15. The number of sulfone groups is 1. The van der Waals surface area contributed by atoms with Gasteiger partial charge >= 0.3 is 5.97 Å². The molecule has 0 unspecified atom stereocenters. The van der Waals surface area contributed by atoms with Gasteiger partial charge in [-0.1, -0.05) is 0 Å². The van der Waals surface area contributed by atoms with Gasteiger partial charge in [0.25, 0.3) is 0 Å². The highest BCUT2D eigenvalue weighted by atomic mass is 32.2. The molecule has 0 amide bonds. The first-order chi connectivity index (χ1) is 8.59. The van der Waals surface area contributed by atoms with Crippen molar-refractivity contribution in [2.75, 3.05) is 22.5 Å². The maximum atomic E-state index is 11.6. The van der Waals surface area contributed by atoms with Crippen LogP contribution in [0.4, 0.5) is 5.69 Å². The molecule has 1 aromatic rings. The van der Waals surface area contributed by atoms with Gasteiger partial charge in [-0.3, -0.25) is 4.72 Å². The van der Waals surface area contributed by atoms with E-state index in [0.717, 1.165) is 18.5 Å². The van der Waals surface area contributed by atoms with Crippen LogP contribution in [0.1, 0.15) is 10.5 Å². The van der Waals surface area contributed by atoms with Crippen LogP contribution in [0.2, 0.25) is 0 Å². The van der Waals surface area contributed by atoms with E-state index in [2.05, 4.69) is 9.71 Å². The first kappa shape index (κ1) is 15.4. The van der Waals surface area contributed by atoms with Crippen LogP contribution in [0, 0.1) is 0 Å². The molecular weight excluding hydrogens is 296 g/mol. The molecule has 0 saturated carbocycles. The first-order valence-electron chi connectivity index (χ1n) is 4.97. The van der Waals surface area contributed by atoms with Crippen LogP contribution in [-0.2, 0) is 19.9 Å². The molecular formula is C9H12N2O6S2. The third-order valence-corrected chi connectivity index (χ3v) is 4.47. The van der Waals surface area contributed by atoms with Gasteiger partial charge in [0.05, 0.1) is 17.2 Å². The summed E-state index contributed by atoms with van der Waals surface area (Å²) in [4.78, 5) is 14.2. The molecule has 0 aromatic carbocycles. The smallest absolute Gasteiger partial charge is 0.354 e. The van der Waals surface area contributed by atoms with E-state index in [-0.39, 0.29) is 11.4 Å². The zero-order valence-corrected chi connectivity index (χ0v) is 11.5. The molecule has 10 heteroatoms. The molecule has 0 radical (unpaired) electrons. The van der Waals surface area contributed by atoms with E-state index in [1.165, 1.54) is 6.07 Å². The summed E-state index contributed by atoms with van der Waals surface area (Å²) in [6, 6.07) is 2.31. The third kappa shape index (κ3) is 5.66. The van der Waals surface area contributed by atoms with Crippen molar-refractivity contribution in [3.8, 4) is 0 Å². The molecule has 19 heavy (non-hydrogen) atoms. The Kier molecular flexibility index (Phi) is 4.48. The predicted octanol–water partition coefficient (Wildman–Crippen LogP) is -0.434. The van der Waals surface area contributed by atoms with Gasteiger partial charge in [-0.05, 0) is 12.1 Å². The fourth-order valence-electron chi connectivity index (χ4n) is 1.10. The van der Waals surface area contributed by atoms with Gasteiger partial charge in [0.15, 0.2) is 0 Å². The number of rotatable bonds is 6. The van der Waals surface area contributed by atoms with Crippen molar-refractivity contribution >= 4 is 31.5 Å². The van der Waals surface area contributed by atoms with Crippen LogP contribution < -0.4 is 4.72 Å². The molecule has 1 heterocycles. The summed E-state index contributed by atoms with van der Waals surface area (Å²) in [6.07, 6.45) is 2.06. The van der Waals surface area contributed by atoms with E-state index in [9.17, 15) is 21.6 Å². The van der Waals surface area contributed by atoms with Gasteiger partial charge in [0.2, 0.25) is 10.0 Å². The number of hydrogen-bond acceptors (Lipinski definition) is 6. The van der Waals surface area contributed by atoms with Crippen molar-refractivity contribution in [3.05, 3.63) is 24.0 Å². The van der Waals surface area contributed by atoms with Crippen LogP contribution in [-0.4, -0.2) is 50.7 Å². The van der Waals surface area contributed by atoms with E-state index in [0.29, 0.717) is 0 Å². The minimum absolute atomic E-state index is 0.0147. The zero-order valence-electron chi connectivity index (χ0n) is 9.90. The van der Waals surface area contributed by atoms with E-state index in [1.807, 2.05) is 0 Å². The number of aromatic nitrogens is 1. The Balaban J connectivity index is 2.84. The van der Waals surface area contributed by atoms with Crippen molar-refractivity contribution in [1.82, 2.24) is 4.98 Å². The second-order valence-electron chi connectivity index (χ2n) is 3.79. The van der Waals surface area contributed by atoms with E-state index in [1.54, 1.807) is 0 Å². The summed E-state index contributed by atoms with van der Waals surface area (Å²) in [5.74, 6) is -2.41. The predicted molar refractivity (Wildman–Crippen MR) is 68.3 cm³/mol. The van der Waals surface area contributed by atoms with Crippen LogP contribution in [0.25, 0.3) is 0 Å². The second kappa shape index (κ2) is 5.53. The van der Waals surface area contributed by atoms with Crippen molar-refractivity contribution < 1.29 is 26.7 Å². The van der Waals surface area contributed by atoms with E-state index < -0.39 is 37.3 Å². The Labute approximate surface area is 110 Å². The lowest BCUT2D eigenvalue weighted by atomic mass is 10.3. The number of aromatic carboxylic acids is 1. The van der Waals surface area contributed by atoms with Crippen LogP contribution in [0.15, 0.2) is 18.3 Å². The number of anilines is 1. The number of carboxylic acid groups (broad SMARTS) is 1. The topological polar surface area (TPSA) is 130 Å². The highest BCUT2D eigenvalue weighted by Crippen LogP contribution is 2.10. The van der Waals surface area contributed by atoms with Crippen LogP contribution >= 0.6 is 0 Å². The monoisotopic (exact) mass is 308 g/mol. The molecule has 2 N–H and O–H groups in total. The first-order valence-corrected chi connectivity index (χ1v) is 8.68. The molecule has 0 bridgehead atoms. The molecule has 0 saturated heterocycles. The Morgan fingerprint density at radius 3 is 2.47 bits per heavy atom. The summed E-state index contributed by atoms with van der Waals surface area (Å²) in [7, 11) is -7.26. The summed E-state index contributed by atoms with van der Waals surface area (Å²) in [6.45, 7) is 0. The lowest BCUT2D eigenvalue weighted by molar-refractivity contribution is 0.0690. The summed E-state index contributed by atoms with van der Waals surface area (Å²) >= 11 is 0. The number of nitrogens with one attached hydrogen (secondary N) is 1. The van der Waals surface area contributed by atoms with Gasteiger partial charge in [-0.25, -0.2) is 26.6 Å². The number of sulfonamides is 1. The van der Waals surface area contributed by atoms with Gasteiger partial charge in [0.1, 0.15) is 15.5 Å². The fourth-order valence-corrected chi connectivity index (χ4v) is 3.78. The Hall–Kier alpha value is -1.68. The quantitative estimate of drug-likeness (QED) is 0.728. The highest BCUT2D eigenvalue weighted by molar-refractivity contribution is 7.95. The van der Waals surface area contributed by atoms with Gasteiger partial charge in [-0.15, -0.1) is 0 Å². The normalized spacial score (nSPS) is 12.1. The van der Waals surface area contributed by atoms with Crippen LogP contribution in [0.5, 0.6) is 0 Å². The molecule has 8 nitrogen and oxygen atoms in total. The molecule has 0 fully saturated rings. The van der Waals surface area contributed by atoms with Crippen molar-refractivity contribution in [2.45, 2.75) is 0 Å². The van der Waals surface area contributed by atoms with Crippen molar-refractivity contribution in [3.63, 3.8) is 0 Å². The second-order valence-corrected chi connectivity index (χ2v) is 7.89. The molecule has 1 rings (SSSR count). The number of pyridine rings is 1. The van der Waals surface area contributed by atoms with Gasteiger partial charge in [-0.2, -0.15) is 0 Å². The molecule has 106 valence electrons. The molecule has 0 atom stereocenters. The number of hydrogen-bond donors (Lipinski definition) is 2. The summed E-state index contributed by atoms with van der Waals surface area (Å²) in [5.41, 5.74) is -0.302. The average molecular weight is 308 g/mol. The van der Waals surface area contributed by atoms with Crippen molar-refractivity contribution in [1.29, 1.82) is 0 Å². The lowest BCUT2D eigenvalue weighted by Gasteiger charge is -2.07. The van der Waals surface area contributed by atoms with E-state index >= 15 is 0 Å². The Bertz CT molecular complexity index is 680. The van der Waals surface area contributed by atoms with Gasteiger partial charge < -0.3 is 5.11 Å². The van der Waals surface area contributed by atoms with Crippen molar-refractivity contribution in [2.24, 2.45) is 0 Å². The Morgan fingerprint density at radius 1 is 1.32 bits per heavy atom. The van der Waals surface area contributed by atoms with Crippen LogP contribution in [0.3, 0.4) is 0 Å². The zero-order chi connectivity index (χ0) is 14.7. The van der Waals surface area contributed by atoms with Gasteiger partial charge in [0, 0.05) is 12.5 Å². The minimum Gasteiger partial charge on any atom is -0.477 e. The number of carboxylic acids is 1. The summed E-state index contributed by atoms with van der Waals surface area (Å²) < 4.78 is 47.0. The summed E-state index contributed by atoms with van der Waals surface area (Å²) in [5, 5.41) is 8.70. The standard InChI is InChI=1S/C9H12N2O6S2/c1-18(14,15)4-5-19(16,17)11-7-2-3-10-8(6-7)9(12)13/h2-3,6H,4-5H2,1H3,(H,10,11)(H,12,13). The number of nitrogens with zero attached hydrogens (tertiary/aromatic N) is 1. The molecule has 1 aromatic heterocycles. The Morgan fingerprint density at radius 2 is 1.95 bits per heavy atom. The van der Waals surface area contributed by atoms with E-state index in [4.69, 9.17) is 5.11 Å². The SMILES string of the molecule is CS(=O)(=O)CCS(=O)(=O)Nc1ccnc(C(=O)O)c1. The molecule has 0 aliphatic carbocycles. The maximum Gasteiger partial charge on any atom is 0.354 e. The molecule has 0 aliphatic heterocycles. The fraction of sp³-hybridized carbons (Fsp3) is 0.333. The molecule has 0 aliphatic rings. The minimum atomic E-state index is -3.86. The third-order valence-electron chi connectivity index (χ3n) is 1.98. The largest absolute Gasteiger partial charge is 0.477 e. The molecule has 0 spiro atoms. The maximum absolute atomic E-state index is 11.6.